The third-order valence-corrected chi connectivity index (χ3v) is 3.09. The van der Waals surface area contributed by atoms with Crippen molar-refractivity contribution in [1.82, 2.24) is 0 Å². The summed E-state index contributed by atoms with van der Waals surface area (Å²) in [7, 11) is 0. The van der Waals surface area contributed by atoms with Crippen LogP contribution in [0.5, 0.6) is 0 Å². The summed E-state index contributed by atoms with van der Waals surface area (Å²) < 4.78 is 52.5. The van der Waals surface area contributed by atoms with Crippen molar-refractivity contribution in [2.75, 3.05) is 5.32 Å². The quantitative estimate of drug-likeness (QED) is 0.638. The van der Waals surface area contributed by atoms with Gasteiger partial charge in [0.2, 0.25) is 0 Å². The molecule has 0 saturated carbocycles. The molecule has 0 radical (unpaired) electrons. The number of halogens is 5. The molecule has 2 aromatic carbocycles. The number of nitrogens with one attached hydrogen (secondary N) is 1. The van der Waals surface area contributed by atoms with E-state index in [1.54, 1.807) is 0 Å². The van der Waals surface area contributed by atoms with E-state index in [9.17, 15) is 22.4 Å². The highest BCUT2D eigenvalue weighted by Gasteiger charge is 2.17. The standard InChI is InChI=1S/C13H6BrF4NO/c14-7-2-1-3-8(15)11(7)13(20)19-6-4-9(16)12(18)10(17)5-6/h1-5H,(H,19,20). The summed E-state index contributed by atoms with van der Waals surface area (Å²) in [6, 6.07) is 5.08. The molecule has 1 amide bonds. The van der Waals surface area contributed by atoms with Crippen LogP contribution in [0.2, 0.25) is 0 Å². The maximum atomic E-state index is 13.5. The fraction of sp³-hybridized carbons (Fsp3) is 0. The van der Waals surface area contributed by atoms with E-state index < -0.39 is 29.2 Å². The van der Waals surface area contributed by atoms with Crippen molar-refractivity contribution < 1.29 is 22.4 Å². The highest BCUT2D eigenvalue weighted by Crippen LogP contribution is 2.22. The zero-order valence-corrected chi connectivity index (χ0v) is 11.3. The van der Waals surface area contributed by atoms with Crippen molar-refractivity contribution in [3.63, 3.8) is 0 Å². The second kappa shape index (κ2) is 5.62. The Kier molecular flexibility index (Phi) is 4.08. The molecular formula is C13H6BrF4NO. The topological polar surface area (TPSA) is 29.1 Å². The second-order valence-corrected chi connectivity index (χ2v) is 4.66. The van der Waals surface area contributed by atoms with Gasteiger partial charge in [-0.1, -0.05) is 6.07 Å². The Balaban J connectivity index is 2.33. The van der Waals surface area contributed by atoms with E-state index in [0.717, 1.165) is 6.07 Å². The Labute approximate surface area is 119 Å². The fourth-order valence-electron chi connectivity index (χ4n) is 1.54. The van der Waals surface area contributed by atoms with Gasteiger partial charge in [0.25, 0.3) is 5.91 Å². The zero-order valence-electron chi connectivity index (χ0n) is 9.68. The molecule has 0 spiro atoms. The molecule has 0 atom stereocenters. The van der Waals surface area contributed by atoms with Crippen molar-refractivity contribution in [3.8, 4) is 0 Å². The Hall–Kier alpha value is -1.89. The molecular weight excluding hydrogens is 342 g/mol. The lowest BCUT2D eigenvalue weighted by Crippen LogP contribution is -2.15. The predicted octanol–water partition coefficient (Wildman–Crippen LogP) is 4.26. The van der Waals surface area contributed by atoms with Crippen LogP contribution in [0.4, 0.5) is 23.2 Å². The van der Waals surface area contributed by atoms with E-state index in [0.29, 0.717) is 12.1 Å². The Morgan fingerprint density at radius 1 is 1.00 bits per heavy atom. The maximum absolute atomic E-state index is 13.5. The molecule has 1 N–H and O–H groups in total. The number of anilines is 1. The van der Waals surface area contributed by atoms with Gasteiger partial charge in [-0.05, 0) is 28.1 Å². The highest BCUT2D eigenvalue weighted by molar-refractivity contribution is 9.10. The van der Waals surface area contributed by atoms with Gasteiger partial charge in [-0.25, -0.2) is 17.6 Å². The summed E-state index contributed by atoms with van der Waals surface area (Å²) in [6.45, 7) is 0. The number of carbonyl (C=O) groups is 1. The van der Waals surface area contributed by atoms with Crippen molar-refractivity contribution in [2.45, 2.75) is 0 Å². The predicted molar refractivity (Wildman–Crippen MR) is 68.4 cm³/mol. The van der Waals surface area contributed by atoms with E-state index in [4.69, 9.17) is 0 Å². The minimum Gasteiger partial charge on any atom is -0.322 e. The van der Waals surface area contributed by atoms with E-state index in [1.807, 2.05) is 0 Å². The SMILES string of the molecule is O=C(Nc1cc(F)c(F)c(F)c1)c1c(F)cccc1Br. The van der Waals surface area contributed by atoms with Crippen LogP contribution in [0.25, 0.3) is 0 Å². The van der Waals surface area contributed by atoms with Crippen molar-refractivity contribution in [2.24, 2.45) is 0 Å². The van der Waals surface area contributed by atoms with Crippen LogP contribution >= 0.6 is 15.9 Å². The number of carbonyl (C=O) groups excluding carboxylic acids is 1. The summed E-state index contributed by atoms with van der Waals surface area (Å²) in [6.07, 6.45) is 0. The average molecular weight is 348 g/mol. The molecule has 2 rings (SSSR count). The minimum absolute atomic E-state index is 0.179. The summed E-state index contributed by atoms with van der Waals surface area (Å²) in [5.41, 5.74) is -0.640. The van der Waals surface area contributed by atoms with Gasteiger partial charge in [-0.3, -0.25) is 4.79 Å². The maximum Gasteiger partial charge on any atom is 0.259 e. The minimum atomic E-state index is -1.64. The van der Waals surface area contributed by atoms with Crippen molar-refractivity contribution in [1.29, 1.82) is 0 Å². The third-order valence-electron chi connectivity index (χ3n) is 2.43. The zero-order chi connectivity index (χ0) is 14.9. The normalized spacial score (nSPS) is 10.4. The van der Waals surface area contributed by atoms with E-state index in [-0.39, 0.29) is 15.7 Å². The van der Waals surface area contributed by atoms with Gasteiger partial charge in [-0.15, -0.1) is 0 Å². The van der Waals surface area contributed by atoms with Gasteiger partial charge < -0.3 is 5.32 Å². The van der Waals surface area contributed by atoms with E-state index in [1.165, 1.54) is 12.1 Å². The fourth-order valence-corrected chi connectivity index (χ4v) is 2.06. The Morgan fingerprint density at radius 3 is 2.15 bits per heavy atom. The molecule has 2 aromatic rings. The van der Waals surface area contributed by atoms with Crippen LogP contribution in [0.1, 0.15) is 10.4 Å². The van der Waals surface area contributed by atoms with Crippen LogP contribution < -0.4 is 5.32 Å². The smallest absolute Gasteiger partial charge is 0.259 e. The van der Waals surface area contributed by atoms with Crippen LogP contribution in [0.15, 0.2) is 34.8 Å². The first-order valence-electron chi connectivity index (χ1n) is 5.30. The molecule has 0 heterocycles. The lowest BCUT2D eigenvalue weighted by molar-refractivity contribution is 0.102. The monoisotopic (exact) mass is 347 g/mol. The van der Waals surface area contributed by atoms with Crippen LogP contribution in [0.3, 0.4) is 0 Å². The second-order valence-electron chi connectivity index (χ2n) is 3.80. The molecule has 7 heteroatoms. The number of hydrogen-bond acceptors (Lipinski definition) is 1. The lowest BCUT2D eigenvalue weighted by Gasteiger charge is -2.08. The summed E-state index contributed by atoms with van der Waals surface area (Å²) in [5.74, 6) is -6.27. The molecule has 2 nitrogen and oxygen atoms in total. The van der Waals surface area contributed by atoms with Gasteiger partial charge in [-0.2, -0.15) is 0 Å². The molecule has 0 aliphatic rings. The summed E-state index contributed by atoms with van der Waals surface area (Å²) in [5, 5.41) is 2.09. The number of rotatable bonds is 2. The molecule has 0 unspecified atom stereocenters. The van der Waals surface area contributed by atoms with E-state index in [2.05, 4.69) is 21.2 Å². The van der Waals surface area contributed by atoms with Crippen molar-refractivity contribution in [3.05, 3.63) is 63.6 Å². The number of amides is 1. The largest absolute Gasteiger partial charge is 0.322 e. The first-order chi connectivity index (χ1) is 9.40. The average Bonchev–Trinajstić information content (AvgIpc) is 2.35. The Morgan fingerprint density at radius 2 is 1.60 bits per heavy atom. The molecule has 0 fully saturated rings. The van der Waals surface area contributed by atoms with Gasteiger partial charge in [0, 0.05) is 22.3 Å². The first kappa shape index (κ1) is 14.5. The molecule has 20 heavy (non-hydrogen) atoms. The third kappa shape index (κ3) is 2.82. The van der Waals surface area contributed by atoms with Crippen LogP contribution in [0, 0.1) is 23.3 Å². The number of benzene rings is 2. The molecule has 104 valence electrons. The Bertz CT molecular complexity index is 647. The summed E-state index contributed by atoms with van der Waals surface area (Å²) in [4.78, 5) is 11.8. The van der Waals surface area contributed by atoms with Gasteiger partial charge in [0.1, 0.15) is 5.82 Å². The molecule has 0 saturated heterocycles. The van der Waals surface area contributed by atoms with Crippen LogP contribution in [-0.4, -0.2) is 5.91 Å². The first-order valence-corrected chi connectivity index (χ1v) is 6.09. The van der Waals surface area contributed by atoms with E-state index >= 15 is 0 Å². The lowest BCUT2D eigenvalue weighted by atomic mass is 10.2. The van der Waals surface area contributed by atoms with Gasteiger partial charge >= 0.3 is 0 Å². The number of hydrogen-bond donors (Lipinski definition) is 1. The van der Waals surface area contributed by atoms with Crippen LogP contribution in [-0.2, 0) is 0 Å². The van der Waals surface area contributed by atoms with Crippen molar-refractivity contribution >= 4 is 27.5 Å². The van der Waals surface area contributed by atoms with Gasteiger partial charge in [0.15, 0.2) is 17.5 Å². The molecule has 0 bridgehead atoms. The molecule has 0 aliphatic heterocycles. The molecule has 0 aliphatic carbocycles. The van der Waals surface area contributed by atoms with Gasteiger partial charge in [0.05, 0.1) is 5.56 Å². The molecule has 0 aromatic heterocycles. The highest BCUT2D eigenvalue weighted by atomic mass is 79.9. The summed E-state index contributed by atoms with van der Waals surface area (Å²) >= 11 is 2.99.